The van der Waals surface area contributed by atoms with E-state index < -0.39 is 13.9 Å². The SMILES string of the molecule is CCCCCCCCCCCCCCCCCCCCCCCCCCCCCC(=O)O[C@H](COCCCCCCCCCCCCCC)COP(=O)([O-])OCC[N+](C)(C)C. The van der Waals surface area contributed by atoms with E-state index >= 15 is 0 Å². The standard InChI is InChI=1S/C52H106NO7P/c1-6-8-10-12-14-16-18-20-21-22-23-24-25-26-27-28-29-30-31-32-33-34-35-37-39-41-43-45-52(54)60-51(50-59-61(55,56)58-48-46-53(3,4)5)49-57-47-44-42-40-38-36-19-17-15-13-11-9-7-2/h51H,6-50H2,1-5H3/t51-/m1/s1. The zero-order valence-electron chi connectivity index (χ0n) is 41.6. The molecule has 0 saturated carbocycles. The molecule has 2 atom stereocenters. The van der Waals surface area contributed by atoms with Crippen molar-refractivity contribution in [3.05, 3.63) is 0 Å². The number of phosphoric ester groups is 1. The first kappa shape index (κ1) is 60.5. The normalized spacial score (nSPS) is 13.5. The van der Waals surface area contributed by atoms with Crippen molar-refractivity contribution in [3.8, 4) is 0 Å². The van der Waals surface area contributed by atoms with Crippen molar-refractivity contribution >= 4 is 13.8 Å². The maximum absolute atomic E-state index is 12.7. The molecule has 366 valence electrons. The van der Waals surface area contributed by atoms with Crippen molar-refractivity contribution in [2.45, 2.75) is 277 Å². The first-order valence-corrected chi connectivity index (χ1v) is 28.2. The van der Waals surface area contributed by atoms with E-state index in [1.807, 2.05) is 21.1 Å². The summed E-state index contributed by atoms with van der Waals surface area (Å²) in [5, 5.41) is 0. The molecule has 0 radical (unpaired) electrons. The van der Waals surface area contributed by atoms with Gasteiger partial charge in [-0.2, -0.15) is 0 Å². The summed E-state index contributed by atoms with van der Waals surface area (Å²) < 4.78 is 34.7. The second kappa shape index (κ2) is 46.0. The van der Waals surface area contributed by atoms with Gasteiger partial charge in [-0.15, -0.1) is 0 Å². The second-order valence-electron chi connectivity index (χ2n) is 19.6. The summed E-state index contributed by atoms with van der Waals surface area (Å²) in [6.07, 6.45) is 51.4. The molecule has 0 spiro atoms. The van der Waals surface area contributed by atoms with Crippen molar-refractivity contribution in [1.29, 1.82) is 0 Å². The number of carbonyl (C=O) groups is 1. The van der Waals surface area contributed by atoms with Crippen LogP contribution in [0.25, 0.3) is 0 Å². The Kier molecular flexibility index (Phi) is 45.7. The highest BCUT2D eigenvalue weighted by Gasteiger charge is 2.20. The maximum atomic E-state index is 12.7. The van der Waals surface area contributed by atoms with Gasteiger partial charge in [-0.3, -0.25) is 9.36 Å². The fourth-order valence-electron chi connectivity index (χ4n) is 8.02. The summed E-state index contributed by atoms with van der Waals surface area (Å²) >= 11 is 0. The van der Waals surface area contributed by atoms with E-state index in [9.17, 15) is 14.3 Å². The van der Waals surface area contributed by atoms with Gasteiger partial charge in [0.05, 0.1) is 34.4 Å². The Labute approximate surface area is 380 Å². The molecule has 0 N–H and O–H groups in total. The molecule has 0 aliphatic rings. The minimum absolute atomic E-state index is 0.0316. The molecular formula is C52H106NO7P. The molecule has 0 fully saturated rings. The average molecular weight is 888 g/mol. The zero-order valence-corrected chi connectivity index (χ0v) is 42.5. The van der Waals surface area contributed by atoms with Crippen molar-refractivity contribution in [2.75, 3.05) is 54.1 Å². The molecule has 0 saturated heterocycles. The Hall–Kier alpha value is -0.500. The number of hydrogen-bond acceptors (Lipinski definition) is 7. The molecule has 61 heavy (non-hydrogen) atoms. The molecule has 1 unspecified atom stereocenters. The molecule has 0 aromatic carbocycles. The van der Waals surface area contributed by atoms with Crippen LogP contribution in [0.4, 0.5) is 0 Å². The summed E-state index contributed by atoms with van der Waals surface area (Å²) in [5.41, 5.74) is 0. The van der Waals surface area contributed by atoms with Crippen molar-refractivity contribution in [1.82, 2.24) is 0 Å². The summed E-state index contributed by atoms with van der Waals surface area (Å²) in [5.74, 6) is -0.325. The number of phosphoric acid groups is 1. The Morgan fingerprint density at radius 2 is 0.754 bits per heavy atom. The van der Waals surface area contributed by atoms with Crippen LogP contribution < -0.4 is 4.89 Å². The minimum atomic E-state index is -4.52. The van der Waals surface area contributed by atoms with Crippen LogP contribution in [0.1, 0.15) is 271 Å². The van der Waals surface area contributed by atoms with E-state index in [0.29, 0.717) is 24.1 Å². The van der Waals surface area contributed by atoms with E-state index in [1.54, 1.807) is 0 Å². The zero-order chi connectivity index (χ0) is 44.8. The van der Waals surface area contributed by atoms with Gasteiger partial charge >= 0.3 is 5.97 Å². The number of carbonyl (C=O) groups excluding carboxylic acids is 1. The van der Waals surface area contributed by atoms with E-state index in [1.165, 1.54) is 218 Å². The van der Waals surface area contributed by atoms with E-state index in [0.717, 1.165) is 32.1 Å². The Morgan fingerprint density at radius 1 is 0.443 bits per heavy atom. The summed E-state index contributed by atoms with van der Waals surface area (Å²) in [4.78, 5) is 25.1. The van der Waals surface area contributed by atoms with Gasteiger partial charge in [0.15, 0.2) is 0 Å². The van der Waals surface area contributed by atoms with Crippen molar-refractivity contribution in [2.24, 2.45) is 0 Å². The number of hydrogen-bond donors (Lipinski definition) is 0. The third-order valence-electron chi connectivity index (χ3n) is 12.2. The van der Waals surface area contributed by atoms with Crippen LogP contribution >= 0.6 is 7.82 Å². The lowest BCUT2D eigenvalue weighted by atomic mass is 10.0. The van der Waals surface area contributed by atoms with Gasteiger partial charge in [0.1, 0.15) is 19.3 Å². The molecule has 0 amide bonds. The molecular weight excluding hydrogens is 782 g/mol. The predicted octanol–water partition coefficient (Wildman–Crippen LogP) is 15.8. The number of rotatable bonds is 51. The number of nitrogens with zero attached hydrogens (tertiary/aromatic N) is 1. The minimum Gasteiger partial charge on any atom is -0.756 e. The fourth-order valence-corrected chi connectivity index (χ4v) is 8.75. The highest BCUT2D eigenvalue weighted by molar-refractivity contribution is 7.45. The number of unbranched alkanes of at least 4 members (excludes halogenated alkanes) is 37. The van der Waals surface area contributed by atoms with Crippen LogP contribution in [0, 0.1) is 0 Å². The molecule has 0 aromatic heterocycles. The number of quaternary nitrogens is 1. The third-order valence-corrected chi connectivity index (χ3v) is 13.1. The molecule has 9 heteroatoms. The molecule has 0 rings (SSSR count). The lowest BCUT2D eigenvalue weighted by Gasteiger charge is -2.28. The maximum Gasteiger partial charge on any atom is 0.306 e. The van der Waals surface area contributed by atoms with Crippen molar-refractivity contribution in [3.63, 3.8) is 0 Å². The average Bonchev–Trinajstić information content (AvgIpc) is 3.22. The Morgan fingerprint density at radius 3 is 1.08 bits per heavy atom. The first-order chi connectivity index (χ1) is 29.6. The molecule has 0 aliphatic heterocycles. The van der Waals surface area contributed by atoms with Gasteiger partial charge in [-0.25, -0.2) is 0 Å². The van der Waals surface area contributed by atoms with Crippen LogP contribution in [-0.4, -0.2) is 70.7 Å². The van der Waals surface area contributed by atoms with Gasteiger partial charge in [0.25, 0.3) is 7.82 Å². The fraction of sp³-hybridized carbons (Fsp3) is 0.981. The lowest BCUT2D eigenvalue weighted by molar-refractivity contribution is -0.870. The van der Waals surface area contributed by atoms with Crippen LogP contribution in [0.15, 0.2) is 0 Å². The van der Waals surface area contributed by atoms with Crippen LogP contribution in [-0.2, 0) is 27.9 Å². The highest BCUT2D eigenvalue weighted by atomic mass is 31.2. The quantitative estimate of drug-likeness (QED) is 0.0260. The highest BCUT2D eigenvalue weighted by Crippen LogP contribution is 2.38. The topological polar surface area (TPSA) is 94.1 Å². The molecule has 8 nitrogen and oxygen atoms in total. The summed E-state index contributed by atoms with van der Waals surface area (Å²) in [6, 6.07) is 0. The lowest BCUT2D eigenvalue weighted by Crippen LogP contribution is -2.37. The summed E-state index contributed by atoms with van der Waals surface area (Å²) in [6.45, 7) is 5.48. The monoisotopic (exact) mass is 888 g/mol. The summed E-state index contributed by atoms with van der Waals surface area (Å²) in [7, 11) is 1.38. The predicted molar refractivity (Wildman–Crippen MR) is 259 cm³/mol. The molecule has 0 aromatic rings. The van der Waals surface area contributed by atoms with Gasteiger partial charge < -0.3 is 27.9 Å². The largest absolute Gasteiger partial charge is 0.756 e. The van der Waals surface area contributed by atoms with E-state index in [4.69, 9.17) is 18.5 Å². The van der Waals surface area contributed by atoms with E-state index in [2.05, 4.69) is 13.8 Å². The number of esters is 1. The van der Waals surface area contributed by atoms with Crippen LogP contribution in [0.5, 0.6) is 0 Å². The van der Waals surface area contributed by atoms with Crippen LogP contribution in [0.2, 0.25) is 0 Å². The molecule has 0 bridgehead atoms. The second-order valence-corrected chi connectivity index (χ2v) is 21.0. The third kappa shape index (κ3) is 50.4. The van der Waals surface area contributed by atoms with Gasteiger partial charge in [-0.1, -0.05) is 251 Å². The van der Waals surface area contributed by atoms with Crippen LogP contribution in [0.3, 0.4) is 0 Å². The van der Waals surface area contributed by atoms with Gasteiger partial charge in [-0.05, 0) is 12.8 Å². The number of likely N-dealkylation sites (N-methyl/N-ethyl adjacent to an activating group) is 1. The molecule has 0 heterocycles. The van der Waals surface area contributed by atoms with E-state index in [-0.39, 0.29) is 25.8 Å². The Bertz CT molecular complexity index is 945. The first-order valence-electron chi connectivity index (χ1n) is 26.8. The van der Waals surface area contributed by atoms with Gasteiger partial charge in [0.2, 0.25) is 0 Å². The Balaban J connectivity index is 3.94. The van der Waals surface area contributed by atoms with Gasteiger partial charge in [0, 0.05) is 13.0 Å². The smallest absolute Gasteiger partial charge is 0.306 e. The number of ether oxygens (including phenoxy) is 2. The molecule has 0 aliphatic carbocycles. The van der Waals surface area contributed by atoms with Crippen molar-refractivity contribution < 1.29 is 37.3 Å².